The summed E-state index contributed by atoms with van der Waals surface area (Å²) in [7, 11) is 0. The minimum Gasteiger partial charge on any atom is -0.382 e. The van der Waals surface area contributed by atoms with Crippen molar-refractivity contribution in [3.8, 4) is 0 Å². The Morgan fingerprint density at radius 2 is 2.12 bits per heavy atom. The van der Waals surface area contributed by atoms with E-state index in [1.807, 2.05) is 13.0 Å². The molecule has 0 aromatic heterocycles. The van der Waals surface area contributed by atoms with Crippen LogP contribution < -0.4 is 5.32 Å². The van der Waals surface area contributed by atoms with Crippen molar-refractivity contribution in [2.75, 3.05) is 19.8 Å². The van der Waals surface area contributed by atoms with E-state index < -0.39 is 0 Å². The number of rotatable bonds is 8. The molecule has 0 aliphatic rings. The first-order valence-corrected chi connectivity index (χ1v) is 5.86. The Hall–Kier alpha value is -0.640. The molecule has 0 bridgehead atoms. The maximum Gasteiger partial charge on any atom is 0.123 e. The van der Waals surface area contributed by atoms with Gasteiger partial charge in [-0.2, -0.15) is 0 Å². The molecule has 0 atom stereocenters. The molecule has 0 fully saturated rings. The molecule has 4 heteroatoms. The molecule has 0 unspecified atom stereocenters. The second-order valence-electron chi connectivity index (χ2n) is 3.71. The first-order valence-electron chi connectivity index (χ1n) is 5.86. The zero-order valence-corrected chi connectivity index (χ0v) is 11.1. The molecule has 0 aliphatic carbocycles. The van der Waals surface area contributed by atoms with Crippen LogP contribution in [0.1, 0.15) is 25.3 Å². The molecule has 17 heavy (non-hydrogen) atoms. The predicted molar refractivity (Wildman–Crippen MR) is 71.1 cm³/mol. The number of hydrogen-bond donors (Lipinski definition) is 1. The Bertz CT molecular complexity index is 297. The molecule has 0 saturated heterocycles. The van der Waals surface area contributed by atoms with Crippen LogP contribution in [0.4, 0.5) is 4.39 Å². The Balaban J connectivity index is 0.00000256. The fourth-order valence-corrected chi connectivity index (χ4v) is 1.48. The number of nitrogens with one attached hydrogen (secondary N) is 1. The van der Waals surface area contributed by atoms with Crippen molar-refractivity contribution in [1.82, 2.24) is 5.32 Å². The van der Waals surface area contributed by atoms with Gasteiger partial charge in [0.2, 0.25) is 0 Å². The lowest BCUT2D eigenvalue weighted by atomic mass is 10.2. The van der Waals surface area contributed by atoms with Crippen molar-refractivity contribution in [2.24, 2.45) is 0 Å². The van der Waals surface area contributed by atoms with Crippen LogP contribution in [-0.2, 0) is 11.3 Å². The van der Waals surface area contributed by atoms with Crippen molar-refractivity contribution in [3.05, 3.63) is 35.6 Å². The smallest absolute Gasteiger partial charge is 0.123 e. The van der Waals surface area contributed by atoms with Gasteiger partial charge in [0.25, 0.3) is 0 Å². The average Bonchev–Trinajstić information content (AvgIpc) is 2.28. The molecule has 1 aromatic carbocycles. The Morgan fingerprint density at radius 1 is 1.29 bits per heavy atom. The molecular weight excluding hydrogens is 241 g/mol. The van der Waals surface area contributed by atoms with Crippen molar-refractivity contribution < 1.29 is 9.13 Å². The monoisotopic (exact) mass is 261 g/mol. The molecule has 1 rings (SSSR count). The predicted octanol–water partition coefficient (Wildman–Crippen LogP) is 3.15. The first-order chi connectivity index (χ1) is 7.83. The highest BCUT2D eigenvalue weighted by Crippen LogP contribution is 2.02. The summed E-state index contributed by atoms with van der Waals surface area (Å²) in [6, 6.07) is 6.69. The Kier molecular flexibility index (Phi) is 10.1. The van der Waals surface area contributed by atoms with Crippen LogP contribution in [0.5, 0.6) is 0 Å². The first kappa shape index (κ1) is 16.4. The fourth-order valence-electron chi connectivity index (χ4n) is 1.48. The normalized spacial score (nSPS) is 10.0. The quantitative estimate of drug-likeness (QED) is 0.726. The molecule has 0 radical (unpaired) electrons. The van der Waals surface area contributed by atoms with Crippen LogP contribution in [-0.4, -0.2) is 19.8 Å². The van der Waals surface area contributed by atoms with Crippen LogP contribution >= 0.6 is 12.4 Å². The van der Waals surface area contributed by atoms with Crippen molar-refractivity contribution in [3.63, 3.8) is 0 Å². The molecule has 1 N–H and O–H groups in total. The van der Waals surface area contributed by atoms with E-state index in [0.717, 1.165) is 44.7 Å². The summed E-state index contributed by atoms with van der Waals surface area (Å²) in [5.74, 6) is -0.171. The van der Waals surface area contributed by atoms with E-state index >= 15 is 0 Å². The number of benzene rings is 1. The number of halogens is 2. The summed E-state index contributed by atoms with van der Waals surface area (Å²) >= 11 is 0. The standard InChI is InChI=1S/C13H20FNO.ClH/c1-2-16-9-4-3-8-15-11-12-6-5-7-13(14)10-12;/h5-7,10,15H,2-4,8-9,11H2,1H3;1H. The van der Waals surface area contributed by atoms with E-state index in [-0.39, 0.29) is 18.2 Å². The van der Waals surface area contributed by atoms with Crippen molar-refractivity contribution in [1.29, 1.82) is 0 Å². The van der Waals surface area contributed by atoms with Gasteiger partial charge >= 0.3 is 0 Å². The molecule has 0 heterocycles. The van der Waals surface area contributed by atoms with Gasteiger partial charge in [0.15, 0.2) is 0 Å². The highest BCUT2D eigenvalue weighted by Gasteiger charge is 1.94. The highest BCUT2D eigenvalue weighted by atomic mass is 35.5. The third kappa shape index (κ3) is 8.13. The Labute approximate surface area is 109 Å². The average molecular weight is 262 g/mol. The molecule has 0 amide bonds. The zero-order valence-electron chi connectivity index (χ0n) is 10.2. The molecule has 0 aliphatic heterocycles. The largest absolute Gasteiger partial charge is 0.382 e. The SMILES string of the molecule is CCOCCCCNCc1cccc(F)c1.Cl. The number of ether oxygens (including phenoxy) is 1. The third-order valence-corrected chi connectivity index (χ3v) is 2.31. The molecule has 0 saturated carbocycles. The van der Waals surface area contributed by atoms with E-state index in [0.29, 0.717) is 0 Å². The van der Waals surface area contributed by atoms with E-state index in [4.69, 9.17) is 4.74 Å². The summed E-state index contributed by atoms with van der Waals surface area (Å²) in [6.07, 6.45) is 2.17. The van der Waals surface area contributed by atoms with Gasteiger partial charge in [0.1, 0.15) is 5.82 Å². The number of hydrogen-bond acceptors (Lipinski definition) is 2. The second kappa shape index (κ2) is 10.5. The summed E-state index contributed by atoms with van der Waals surface area (Å²) in [6.45, 7) is 5.30. The Morgan fingerprint density at radius 3 is 2.82 bits per heavy atom. The van der Waals surface area contributed by atoms with Gasteiger partial charge in [-0.15, -0.1) is 12.4 Å². The summed E-state index contributed by atoms with van der Waals surface area (Å²) in [5, 5.41) is 3.28. The van der Waals surface area contributed by atoms with Crippen LogP contribution in [0, 0.1) is 5.82 Å². The van der Waals surface area contributed by atoms with E-state index in [2.05, 4.69) is 5.32 Å². The summed E-state index contributed by atoms with van der Waals surface area (Å²) in [5.41, 5.74) is 0.991. The maximum absolute atomic E-state index is 12.8. The van der Waals surface area contributed by atoms with Gasteiger partial charge < -0.3 is 10.1 Å². The molecule has 98 valence electrons. The van der Waals surface area contributed by atoms with E-state index in [1.165, 1.54) is 6.07 Å². The molecule has 1 aromatic rings. The van der Waals surface area contributed by atoms with E-state index in [9.17, 15) is 4.39 Å². The summed E-state index contributed by atoms with van der Waals surface area (Å²) < 4.78 is 18.1. The van der Waals surface area contributed by atoms with Crippen LogP contribution in [0.2, 0.25) is 0 Å². The van der Waals surface area contributed by atoms with Gasteiger partial charge in [0.05, 0.1) is 0 Å². The number of unbranched alkanes of at least 4 members (excludes halogenated alkanes) is 1. The van der Waals surface area contributed by atoms with Crippen molar-refractivity contribution >= 4 is 12.4 Å². The zero-order chi connectivity index (χ0) is 11.6. The molecule has 0 spiro atoms. The van der Waals surface area contributed by atoms with Gasteiger partial charge in [0, 0.05) is 19.8 Å². The van der Waals surface area contributed by atoms with Crippen LogP contribution in [0.15, 0.2) is 24.3 Å². The minimum absolute atomic E-state index is 0. The van der Waals surface area contributed by atoms with Crippen molar-refractivity contribution in [2.45, 2.75) is 26.3 Å². The van der Waals surface area contributed by atoms with Gasteiger partial charge in [-0.05, 0) is 44.0 Å². The maximum atomic E-state index is 12.8. The van der Waals surface area contributed by atoms with Crippen LogP contribution in [0.25, 0.3) is 0 Å². The van der Waals surface area contributed by atoms with Gasteiger partial charge in [-0.1, -0.05) is 12.1 Å². The van der Waals surface area contributed by atoms with Gasteiger partial charge in [-0.25, -0.2) is 4.39 Å². The lowest BCUT2D eigenvalue weighted by Gasteiger charge is -2.05. The lowest BCUT2D eigenvalue weighted by molar-refractivity contribution is 0.143. The topological polar surface area (TPSA) is 21.3 Å². The molecular formula is C13H21ClFNO. The lowest BCUT2D eigenvalue weighted by Crippen LogP contribution is -2.15. The highest BCUT2D eigenvalue weighted by molar-refractivity contribution is 5.85. The molecule has 2 nitrogen and oxygen atoms in total. The minimum atomic E-state index is -0.171. The fraction of sp³-hybridized carbons (Fsp3) is 0.538. The second-order valence-corrected chi connectivity index (χ2v) is 3.71. The van der Waals surface area contributed by atoms with Gasteiger partial charge in [-0.3, -0.25) is 0 Å². The van der Waals surface area contributed by atoms with Crippen LogP contribution in [0.3, 0.4) is 0 Å². The summed E-state index contributed by atoms with van der Waals surface area (Å²) in [4.78, 5) is 0. The third-order valence-electron chi connectivity index (χ3n) is 2.31. The van der Waals surface area contributed by atoms with E-state index in [1.54, 1.807) is 12.1 Å².